The van der Waals surface area contributed by atoms with E-state index in [-0.39, 0.29) is 14.9 Å². The molecular weight excluding hydrogens is 970 g/mol. The molecule has 16 heteroatoms. The monoisotopic (exact) mass is 1030 g/mol. The first-order valence-electron chi connectivity index (χ1n) is 21.0. The van der Waals surface area contributed by atoms with E-state index in [0.717, 1.165) is 94.9 Å². The average molecular weight is 1030 g/mol. The van der Waals surface area contributed by atoms with E-state index in [2.05, 4.69) is 92.3 Å². The van der Waals surface area contributed by atoms with Gasteiger partial charge in [0.05, 0.1) is 61.5 Å². The summed E-state index contributed by atoms with van der Waals surface area (Å²) < 4.78 is 30.3. The second kappa shape index (κ2) is 21.0. The van der Waals surface area contributed by atoms with Gasteiger partial charge in [0, 0.05) is 42.5 Å². The van der Waals surface area contributed by atoms with Crippen molar-refractivity contribution in [3.63, 3.8) is 0 Å². The Kier molecular flexibility index (Phi) is 15.6. The molecule has 0 atom stereocenters. The lowest BCUT2D eigenvalue weighted by Crippen LogP contribution is -2.32. The number of aromatic nitrogens is 8. The summed E-state index contributed by atoms with van der Waals surface area (Å²) in [5.41, 5.74) is 12.7. The molecule has 10 aromatic rings. The van der Waals surface area contributed by atoms with Crippen LogP contribution in [0, 0.1) is 17.4 Å². The van der Waals surface area contributed by atoms with Crippen LogP contribution in [-0.4, -0.2) is 84.3 Å². The maximum Gasteiger partial charge on any atom is 0.488 e. The highest BCUT2D eigenvalue weighted by Crippen LogP contribution is 2.38. The third-order valence-corrected chi connectivity index (χ3v) is 12.4. The normalized spacial score (nSPS) is 10.8. The van der Waals surface area contributed by atoms with Gasteiger partial charge in [0.15, 0.2) is 34.6 Å². The molecule has 0 saturated carbocycles. The van der Waals surface area contributed by atoms with Crippen LogP contribution in [0.25, 0.3) is 78.0 Å². The molecule has 2 N–H and O–H groups in total. The van der Waals surface area contributed by atoms with E-state index in [1.807, 2.05) is 86.1 Å². The molecular formula is C52H58BIN8O6. The standard InChI is InChI=1S/C25H24N4O2.C16H13IN4.C9H13BO4.2CH4/c1-15-12-22(30-4)23(31-5)14-18(15)16-10-11-17-21(13-16)29(3)27-24(17)25-26-19-8-6-7-9-20(19)28(25)2;1-20-13-6-4-3-5-12(13)18-16(20)15-11-8-7-10(17)9-14(11)21(2)19-15;1-6-4-8(13-2)9(14-3)5-7(6)10(11)12;;/h6-14H,1-5H3;3-9H,1-2H3;4-5,11-12H,1-3H3;2*1H4. The Morgan fingerprint density at radius 1 is 0.515 bits per heavy atom. The van der Waals surface area contributed by atoms with Gasteiger partial charge in [0.2, 0.25) is 0 Å². The number of methoxy groups -OCH3 is 4. The van der Waals surface area contributed by atoms with Crippen molar-refractivity contribution in [1.29, 1.82) is 0 Å². The molecule has 0 bridgehead atoms. The largest absolute Gasteiger partial charge is 0.493 e. The van der Waals surface area contributed by atoms with Gasteiger partial charge in [-0.1, -0.05) is 45.2 Å². The Morgan fingerprint density at radius 3 is 1.44 bits per heavy atom. The van der Waals surface area contributed by atoms with Crippen LogP contribution < -0.4 is 24.4 Å². The maximum absolute atomic E-state index is 9.05. The fourth-order valence-electron chi connectivity index (χ4n) is 8.27. The Labute approximate surface area is 411 Å². The van der Waals surface area contributed by atoms with Gasteiger partial charge in [0.1, 0.15) is 11.4 Å². The third-order valence-electron chi connectivity index (χ3n) is 11.8. The highest BCUT2D eigenvalue weighted by Gasteiger charge is 2.21. The Morgan fingerprint density at radius 2 is 0.956 bits per heavy atom. The summed E-state index contributed by atoms with van der Waals surface area (Å²) in [4.78, 5) is 9.59. The molecule has 0 aliphatic rings. The second-order valence-electron chi connectivity index (χ2n) is 15.8. The molecule has 6 aromatic carbocycles. The van der Waals surface area contributed by atoms with Crippen LogP contribution in [0.4, 0.5) is 0 Å². The second-order valence-corrected chi connectivity index (χ2v) is 17.0. The number of nitrogens with zero attached hydrogens (tertiary/aromatic N) is 8. The van der Waals surface area contributed by atoms with Gasteiger partial charge in [-0.3, -0.25) is 9.36 Å². The molecule has 352 valence electrons. The number of hydrogen-bond acceptors (Lipinski definition) is 10. The van der Waals surface area contributed by atoms with E-state index in [4.69, 9.17) is 44.1 Å². The summed E-state index contributed by atoms with van der Waals surface area (Å²) in [6.45, 7) is 3.85. The fraction of sp³-hybridized carbons (Fsp3) is 0.231. The number of fused-ring (bicyclic) bond motifs is 4. The van der Waals surface area contributed by atoms with Crippen LogP contribution in [0.1, 0.15) is 26.0 Å². The maximum atomic E-state index is 9.05. The number of halogens is 1. The van der Waals surface area contributed by atoms with Crippen molar-refractivity contribution < 1.29 is 29.0 Å². The number of aryl methyl sites for hydroxylation is 6. The van der Waals surface area contributed by atoms with Crippen molar-refractivity contribution in [3.05, 3.63) is 124 Å². The minimum atomic E-state index is -1.49. The summed E-state index contributed by atoms with van der Waals surface area (Å²) in [5, 5.41) is 29.8. The number of imidazole rings is 2. The van der Waals surface area contributed by atoms with Gasteiger partial charge in [-0.15, -0.1) is 0 Å². The van der Waals surface area contributed by atoms with E-state index in [9.17, 15) is 0 Å². The number of para-hydroxylation sites is 4. The van der Waals surface area contributed by atoms with Crippen molar-refractivity contribution in [2.24, 2.45) is 28.2 Å². The summed E-state index contributed by atoms with van der Waals surface area (Å²) in [6, 6.07) is 36.4. The molecule has 0 radical (unpaired) electrons. The molecule has 0 fully saturated rings. The molecule has 0 amide bonds. The van der Waals surface area contributed by atoms with E-state index in [1.54, 1.807) is 33.3 Å². The van der Waals surface area contributed by atoms with Crippen LogP contribution >= 0.6 is 22.6 Å². The fourth-order valence-corrected chi connectivity index (χ4v) is 8.74. The minimum Gasteiger partial charge on any atom is -0.493 e. The molecule has 4 heterocycles. The molecule has 0 aliphatic heterocycles. The molecule has 4 aromatic heterocycles. The SMILES string of the molecule is C.C.COc1cc(C)c(-c2ccc3c(-c4nc5ccccc5n4C)nn(C)c3c2)cc1OC.COc1cc(C)c(B(O)O)cc1OC.Cn1nc(-c2nc3ccccc3n2C)c2ccc(I)cc21. The summed E-state index contributed by atoms with van der Waals surface area (Å²) >= 11 is 2.32. The topological polar surface area (TPSA) is 149 Å². The molecule has 0 spiro atoms. The van der Waals surface area contributed by atoms with E-state index >= 15 is 0 Å². The molecule has 0 saturated heterocycles. The number of rotatable bonds is 8. The van der Waals surface area contributed by atoms with Crippen molar-refractivity contribution in [2.75, 3.05) is 28.4 Å². The highest BCUT2D eigenvalue weighted by molar-refractivity contribution is 14.1. The Bertz CT molecular complexity index is 3410. The van der Waals surface area contributed by atoms with Crippen molar-refractivity contribution in [3.8, 4) is 57.2 Å². The summed E-state index contributed by atoms with van der Waals surface area (Å²) in [7, 11) is 12.9. The first-order valence-corrected chi connectivity index (χ1v) is 22.1. The predicted octanol–water partition coefficient (Wildman–Crippen LogP) is 9.82. The Hall–Kier alpha value is -6.89. The lowest BCUT2D eigenvalue weighted by atomic mass is 9.77. The summed E-state index contributed by atoms with van der Waals surface area (Å²) in [5.74, 6) is 4.28. The van der Waals surface area contributed by atoms with E-state index < -0.39 is 7.12 Å². The van der Waals surface area contributed by atoms with Crippen LogP contribution in [0.5, 0.6) is 23.0 Å². The molecule has 68 heavy (non-hydrogen) atoms. The quantitative estimate of drug-likeness (QED) is 0.111. The smallest absolute Gasteiger partial charge is 0.488 e. The third kappa shape index (κ3) is 9.48. The van der Waals surface area contributed by atoms with E-state index in [1.165, 1.54) is 17.8 Å². The van der Waals surface area contributed by atoms with Crippen LogP contribution in [-0.2, 0) is 28.2 Å². The van der Waals surface area contributed by atoms with Crippen LogP contribution in [0.3, 0.4) is 0 Å². The number of benzene rings is 6. The van der Waals surface area contributed by atoms with Crippen LogP contribution in [0.2, 0.25) is 0 Å². The first-order chi connectivity index (χ1) is 31.8. The van der Waals surface area contributed by atoms with Crippen molar-refractivity contribution in [1.82, 2.24) is 38.7 Å². The molecule has 0 aliphatic carbocycles. The van der Waals surface area contributed by atoms with Gasteiger partial charge < -0.3 is 38.1 Å². The van der Waals surface area contributed by atoms with Crippen molar-refractivity contribution in [2.45, 2.75) is 28.7 Å². The number of hydrogen-bond donors (Lipinski definition) is 2. The van der Waals surface area contributed by atoms with E-state index in [0.29, 0.717) is 22.7 Å². The zero-order chi connectivity index (χ0) is 47.0. The minimum absolute atomic E-state index is 0. The molecule has 14 nitrogen and oxygen atoms in total. The average Bonchev–Trinajstić information content (AvgIpc) is 4.05. The molecule has 10 rings (SSSR count). The lowest BCUT2D eigenvalue weighted by Gasteiger charge is -2.13. The molecule has 0 unspecified atom stereocenters. The summed E-state index contributed by atoms with van der Waals surface area (Å²) in [6.07, 6.45) is 0. The number of ether oxygens (including phenoxy) is 4. The van der Waals surface area contributed by atoms with Crippen molar-refractivity contribution >= 4 is 79.0 Å². The van der Waals surface area contributed by atoms with Gasteiger partial charge >= 0.3 is 7.12 Å². The Balaban J connectivity index is 0.000000179. The van der Waals surface area contributed by atoms with Gasteiger partial charge in [-0.2, -0.15) is 10.2 Å². The highest BCUT2D eigenvalue weighted by atomic mass is 127. The lowest BCUT2D eigenvalue weighted by molar-refractivity contribution is 0.354. The van der Waals surface area contributed by atoms with Gasteiger partial charge in [-0.05, 0) is 143 Å². The zero-order valence-corrected chi connectivity index (χ0v) is 40.6. The predicted molar refractivity (Wildman–Crippen MR) is 284 cm³/mol. The van der Waals surface area contributed by atoms with Gasteiger partial charge in [0.25, 0.3) is 0 Å². The zero-order valence-electron chi connectivity index (χ0n) is 38.5. The van der Waals surface area contributed by atoms with Gasteiger partial charge in [-0.25, -0.2) is 9.97 Å². The van der Waals surface area contributed by atoms with Crippen LogP contribution in [0.15, 0.2) is 109 Å². The first kappa shape index (κ1) is 50.5.